The van der Waals surface area contributed by atoms with Gasteiger partial charge < -0.3 is 19.6 Å². The largest absolute Gasteiger partial charge is 0.491 e. The van der Waals surface area contributed by atoms with Crippen molar-refractivity contribution in [2.45, 2.75) is 26.5 Å². The van der Waals surface area contributed by atoms with Crippen molar-refractivity contribution in [2.24, 2.45) is 0 Å². The van der Waals surface area contributed by atoms with Gasteiger partial charge in [-0.15, -0.1) is 0 Å². The molecule has 0 aliphatic rings. The molecular formula is C18H24N2O4. The van der Waals surface area contributed by atoms with E-state index in [0.29, 0.717) is 24.5 Å². The van der Waals surface area contributed by atoms with Crippen LogP contribution in [0.25, 0.3) is 0 Å². The van der Waals surface area contributed by atoms with Crippen molar-refractivity contribution < 1.29 is 19.1 Å². The number of aliphatic hydroxyl groups excluding tert-OH is 1. The Hall–Kier alpha value is -2.31. The average molecular weight is 332 g/mol. The topological polar surface area (TPSA) is 74.9 Å². The van der Waals surface area contributed by atoms with E-state index < -0.39 is 6.10 Å². The van der Waals surface area contributed by atoms with Crippen molar-refractivity contribution >= 4 is 11.6 Å². The zero-order valence-corrected chi connectivity index (χ0v) is 14.3. The number of ether oxygens (including phenoxy) is 1. The van der Waals surface area contributed by atoms with E-state index in [1.54, 1.807) is 30.5 Å². The molecule has 0 radical (unpaired) electrons. The summed E-state index contributed by atoms with van der Waals surface area (Å²) in [4.78, 5) is 13.0. The highest BCUT2D eigenvalue weighted by molar-refractivity contribution is 5.88. The summed E-state index contributed by atoms with van der Waals surface area (Å²) in [7, 11) is 1.94. The highest BCUT2D eigenvalue weighted by atomic mass is 16.5. The molecule has 2 rings (SSSR count). The zero-order chi connectivity index (χ0) is 17.5. The monoisotopic (exact) mass is 332 g/mol. The summed E-state index contributed by atoms with van der Waals surface area (Å²) in [5.74, 6) is 1.43. The van der Waals surface area contributed by atoms with Gasteiger partial charge in [0.2, 0.25) is 5.91 Å². The summed E-state index contributed by atoms with van der Waals surface area (Å²) in [6.07, 6.45) is 1.07. The molecule has 0 bridgehead atoms. The molecule has 0 spiro atoms. The van der Waals surface area contributed by atoms with E-state index >= 15 is 0 Å². The van der Waals surface area contributed by atoms with E-state index in [-0.39, 0.29) is 12.5 Å². The number of nitrogens with one attached hydrogen (secondary N) is 1. The molecule has 130 valence electrons. The minimum Gasteiger partial charge on any atom is -0.491 e. The van der Waals surface area contributed by atoms with Gasteiger partial charge in [0.05, 0.1) is 6.26 Å². The molecule has 1 aromatic carbocycles. The SMILES string of the molecule is CC(=O)Nc1ccc(OCC(O)CN(C)Cc2ccoc2C)cc1. The first-order chi connectivity index (χ1) is 11.4. The molecule has 0 saturated carbocycles. The molecule has 0 aliphatic heterocycles. The first-order valence-corrected chi connectivity index (χ1v) is 7.84. The number of anilines is 1. The van der Waals surface area contributed by atoms with E-state index in [0.717, 1.165) is 11.3 Å². The van der Waals surface area contributed by atoms with Crippen LogP contribution in [0.1, 0.15) is 18.2 Å². The zero-order valence-electron chi connectivity index (χ0n) is 14.3. The maximum Gasteiger partial charge on any atom is 0.221 e. The lowest BCUT2D eigenvalue weighted by atomic mass is 10.2. The third kappa shape index (κ3) is 5.72. The number of aliphatic hydroxyl groups is 1. The number of likely N-dealkylation sites (N-methyl/N-ethyl adjacent to an activating group) is 1. The van der Waals surface area contributed by atoms with Gasteiger partial charge in [-0.3, -0.25) is 9.69 Å². The van der Waals surface area contributed by atoms with Gasteiger partial charge in [-0.1, -0.05) is 0 Å². The molecule has 1 unspecified atom stereocenters. The molecule has 1 heterocycles. The van der Waals surface area contributed by atoms with Gasteiger partial charge >= 0.3 is 0 Å². The normalized spacial score (nSPS) is 12.2. The molecule has 1 atom stereocenters. The lowest BCUT2D eigenvalue weighted by molar-refractivity contribution is -0.114. The number of nitrogens with zero attached hydrogens (tertiary/aromatic N) is 1. The number of carbonyl (C=O) groups is 1. The van der Waals surface area contributed by atoms with Crippen LogP contribution in [0.5, 0.6) is 5.75 Å². The van der Waals surface area contributed by atoms with Gasteiger partial charge in [0.25, 0.3) is 0 Å². The molecular weight excluding hydrogens is 308 g/mol. The van der Waals surface area contributed by atoms with Gasteiger partial charge in [-0.2, -0.15) is 0 Å². The van der Waals surface area contributed by atoms with Crippen LogP contribution >= 0.6 is 0 Å². The molecule has 1 aromatic heterocycles. The van der Waals surface area contributed by atoms with Crippen molar-refractivity contribution in [3.05, 3.63) is 47.9 Å². The van der Waals surface area contributed by atoms with Crippen LogP contribution in [0.2, 0.25) is 0 Å². The maximum absolute atomic E-state index is 11.0. The number of hydrogen-bond donors (Lipinski definition) is 2. The predicted octanol–water partition coefficient (Wildman–Crippen LogP) is 2.42. The van der Waals surface area contributed by atoms with Crippen LogP contribution in [-0.4, -0.2) is 42.2 Å². The predicted molar refractivity (Wildman–Crippen MR) is 92.0 cm³/mol. The number of benzene rings is 1. The smallest absolute Gasteiger partial charge is 0.221 e. The van der Waals surface area contributed by atoms with Gasteiger partial charge in [0.1, 0.15) is 24.2 Å². The molecule has 6 heteroatoms. The number of rotatable bonds is 8. The Morgan fingerprint density at radius 2 is 2.04 bits per heavy atom. The highest BCUT2D eigenvalue weighted by Gasteiger charge is 2.11. The third-order valence-corrected chi connectivity index (χ3v) is 3.55. The number of carbonyl (C=O) groups excluding carboxylic acids is 1. The summed E-state index contributed by atoms with van der Waals surface area (Å²) in [5, 5.41) is 12.8. The molecule has 1 amide bonds. The van der Waals surface area contributed by atoms with E-state index in [4.69, 9.17) is 9.15 Å². The second-order valence-corrected chi connectivity index (χ2v) is 5.87. The second kappa shape index (κ2) is 8.52. The van der Waals surface area contributed by atoms with E-state index in [1.807, 2.05) is 24.9 Å². The molecule has 0 saturated heterocycles. The number of amides is 1. The Labute approximate surface area is 142 Å². The van der Waals surface area contributed by atoms with Crippen molar-refractivity contribution in [1.82, 2.24) is 4.90 Å². The Balaban J connectivity index is 1.75. The van der Waals surface area contributed by atoms with Gasteiger partial charge in [0.15, 0.2) is 0 Å². The minimum absolute atomic E-state index is 0.116. The number of hydrogen-bond acceptors (Lipinski definition) is 5. The summed E-state index contributed by atoms with van der Waals surface area (Å²) >= 11 is 0. The molecule has 6 nitrogen and oxygen atoms in total. The van der Waals surface area contributed by atoms with Crippen molar-refractivity contribution in [2.75, 3.05) is 25.5 Å². The van der Waals surface area contributed by atoms with Crippen LogP contribution in [0.4, 0.5) is 5.69 Å². The fourth-order valence-electron chi connectivity index (χ4n) is 2.37. The van der Waals surface area contributed by atoms with Crippen LogP contribution < -0.4 is 10.1 Å². The highest BCUT2D eigenvalue weighted by Crippen LogP contribution is 2.16. The average Bonchev–Trinajstić information content (AvgIpc) is 2.91. The van der Waals surface area contributed by atoms with Crippen LogP contribution in [0.3, 0.4) is 0 Å². The maximum atomic E-state index is 11.0. The van der Waals surface area contributed by atoms with Crippen LogP contribution in [0.15, 0.2) is 41.0 Å². The molecule has 2 N–H and O–H groups in total. The summed E-state index contributed by atoms with van der Waals surface area (Å²) in [6, 6.07) is 8.98. The first kappa shape index (κ1) is 18.0. The lowest BCUT2D eigenvalue weighted by Gasteiger charge is -2.20. The van der Waals surface area contributed by atoms with Gasteiger partial charge in [-0.25, -0.2) is 0 Å². The standard InChI is InChI=1S/C18H24N2O4/c1-13-15(8-9-23-13)10-20(3)11-17(22)12-24-18-6-4-16(5-7-18)19-14(2)21/h4-9,17,22H,10-12H2,1-3H3,(H,19,21). The second-order valence-electron chi connectivity index (χ2n) is 5.87. The Bertz CT molecular complexity index is 651. The number of aryl methyl sites for hydroxylation is 1. The summed E-state index contributed by atoms with van der Waals surface area (Å²) in [6.45, 7) is 4.79. The van der Waals surface area contributed by atoms with E-state index in [9.17, 15) is 9.90 Å². The van der Waals surface area contributed by atoms with Crippen molar-refractivity contribution in [1.29, 1.82) is 0 Å². The van der Waals surface area contributed by atoms with Gasteiger partial charge in [-0.05, 0) is 44.3 Å². The Morgan fingerprint density at radius 1 is 1.33 bits per heavy atom. The van der Waals surface area contributed by atoms with E-state index in [2.05, 4.69) is 5.32 Å². The Morgan fingerprint density at radius 3 is 2.62 bits per heavy atom. The first-order valence-electron chi connectivity index (χ1n) is 7.84. The minimum atomic E-state index is -0.600. The van der Waals surface area contributed by atoms with Gasteiger partial charge in [0, 0.05) is 31.3 Å². The summed E-state index contributed by atoms with van der Waals surface area (Å²) in [5.41, 5.74) is 1.82. The van der Waals surface area contributed by atoms with E-state index in [1.165, 1.54) is 6.92 Å². The lowest BCUT2D eigenvalue weighted by Crippen LogP contribution is -2.32. The Kier molecular flexibility index (Phi) is 6.40. The molecule has 2 aromatic rings. The fourth-order valence-corrected chi connectivity index (χ4v) is 2.37. The third-order valence-electron chi connectivity index (χ3n) is 3.55. The molecule has 0 aliphatic carbocycles. The summed E-state index contributed by atoms with van der Waals surface area (Å²) < 4.78 is 10.8. The van der Waals surface area contributed by atoms with Crippen LogP contribution in [-0.2, 0) is 11.3 Å². The van der Waals surface area contributed by atoms with Crippen molar-refractivity contribution in [3.63, 3.8) is 0 Å². The quantitative estimate of drug-likeness (QED) is 0.776. The molecule has 0 fully saturated rings. The number of furan rings is 1. The molecule has 24 heavy (non-hydrogen) atoms. The fraction of sp³-hybridized carbons (Fsp3) is 0.389. The van der Waals surface area contributed by atoms with Crippen LogP contribution in [0, 0.1) is 6.92 Å². The van der Waals surface area contributed by atoms with Crippen molar-refractivity contribution in [3.8, 4) is 5.75 Å².